The number of carboxylic acid groups (broad SMARTS) is 1. The number of carbonyl (C=O) groups is 2. The summed E-state index contributed by atoms with van der Waals surface area (Å²) in [4.78, 5) is 31.2. The molecule has 0 fully saturated rings. The van der Waals surface area contributed by atoms with E-state index >= 15 is 0 Å². The van der Waals surface area contributed by atoms with Crippen LogP contribution in [-0.4, -0.2) is 39.4 Å². The first-order chi connectivity index (χ1) is 9.58. The molecule has 4 atom stereocenters. The Morgan fingerprint density at radius 3 is 1.90 bits per heavy atom. The van der Waals surface area contributed by atoms with Crippen LogP contribution < -0.4 is 11.1 Å². The normalized spacial score (nSPS) is 15.7. The van der Waals surface area contributed by atoms with E-state index in [-0.39, 0.29) is 17.7 Å². The quantitative estimate of drug-likeness (QED) is 0.397. The number of nitrogens with zero attached hydrogens (tertiary/aromatic N) is 1. The van der Waals surface area contributed by atoms with Crippen LogP contribution in [0.1, 0.15) is 40.5 Å². The van der Waals surface area contributed by atoms with E-state index in [0.29, 0.717) is 6.42 Å². The number of rotatable bonds is 7. The van der Waals surface area contributed by atoms with Crippen LogP contribution in [0.2, 0.25) is 0 Å². The first kappa shape index (κ1) is 21.4. The Morgan fingerprint density at radius 1 is 1.24 bits per heavy atom. The molecule has 9 nitrogen and oxygen atoms in total. The molecule has 0 spiro atoms. The second-order valence-corrected chi connectivity index (χ2v) is 4.86. The molecule has 0 aromatic carbocycles. The largest absolute Gasteiger partial charge is 0.480 e. The number of nitrogens with one attached hydrogen (secondary N) is 1. The Kier molecular flexibility index (Phi) is 11.0. The Hall–Kier alpha value is -1.90. The van der Waals surface area contributed by atoms with Crippen molar-refractivity contribution >= 4 is 11.9 Å². The van der Waals surface area contributed by atoms with Gasteiger partial charge in [0.15, 0.2) is 0 Å². The third kappa shape index (κ3) is 9.61. The minimum atomic E-state index is -1.50. The summed E-state index contributed by atoms with van der Waals surface area (Å²) in [5.74, 6) is -1.46. The van der Waals surface area contributed by atoms with Crippen LogP contribution in [0.3, 0.4) is 0 Å². The minimum Gasteiger partial charge on any atom is -0.480 e. The molecule has 0 unspecified atom stereocenters. The molecule has 0 bridgehead atoms. The molecule has 0 aromatic heterocycles. The Morgan fingerprint density at radius 2 is 1.62 bits per heavy atom. The molecule has 124 valence electrons. The number of amides is 1. The molecule has 5 N–H and O–H groups in total. The molecule has 0 saturated carbocycles. The van der Waals surface area contributed by atoms with Crippen LogP contribution in [-0.2, 0) is 9.59 Å². The van der Waals surface area contributed by atoms with Crippen molar-refractivity contribution in [1.29, 1.82) is 0 Å². The highest BCUT2D eigenvalue weighted by atomic mass is 16.9. The molecule has 0 aromatic rings. The van der Waals surface area contributed by atoms with Gasteiger partial charge in [0, 0.05) is 0 Å². The van der Waals surface area contributed by atoms with E-state index in [0.717, 1.165) is 6.42 Å². The van der Waals surface area contributed by atoms with Gasteiger partial charge in [-0.1, -0.05) is 40.5 Å². The third-order valence-corrected chi connectivity index (χ3v) is 3.34. The number of carboxylic acids is 1. The zero-order valence-electron chi connectivity index (χ0n) is 12.8. The highest BCUT2D eigenvalue weighted by Crippen LogP contribution is 2.10. The SMILES string of the molecule is CC[C@H](C)[C@H](N)C(=O)N[C@H](C(=O)O)[C@@H](C)CC.O=[N+]([O-])O. The minimum absolute atomic E-state index is 0.0429. The topological polar surface area (TPSA) is 156 Å². The molecule has 0 aliphatic carbocycles. The molecule has 0 aliphatic heterocycles. The van der Waals surface area contributed by atoms with E-state index < -0.39 is 23.1 Å². The Labute approximate surface area is 123 Å². The van der Waals surface area contributed by atoms with E-state index in [1.54, 1.807) is 6.92 Å². The predicted octanol–water partition coefficient (Wildman–Crippen LogP) is 0.628. The van der Waals surface area contributed by atoms with E-state index in [1.807, 2.05) is 20.8 Å². The summed E-state index contributed by atoms with van der Waals surface area (Å²) < 4.78 is 0. The van der Waals surface area contributed by atoms with Crippen molar-refractivity contribution in [3.05, 3.63) is 10.1 Å². The van der Waals surface area contributed by atoms with Gasteiger partial charge in [-0.3, -0.25) is 4.79 Å². The number of hydrogen-bond acceptors (Lipinski definition) is 5. The van der Waals surface area contributed by atoms with E-state index in [9.17, 15) is 9.59 Å². The summed E-state index contributed by atoms with van der Waals surface area (Å²) in [7, 11) is 0. The maximum Gasteiger partial charge on any atom is 0.326 e. The van der Waals surface area contributed by atoms with Gasteiger partial charge in [0.05, 0.1) is 6.04 Å². The van der Waals surface area contributed by atoms with Gasteiger partial charge in [-0.2, -0.15) is 0 Å². The fourth-order valence-electron chi connectivity index (χ4n) is 1.44. The summed E-state index contributed by atoms with van der Waals surface area (Å²) in [6.07, 6.45) is 1.48. The van der Waals surface area contributed by atoms with Gasteiger partial charge in [0.1, 0.15) is 6.04 Å². The molecule has 0 saturated heterocycles. The lowest BCUT2D eigenvalue weighted by Gasteiger charge is -2.24. The number of nitrogens with two attached hydrogens (primary N) is 1. The van der Waals surface area contributed by atoms with Gasteiger partial charge in [-0.05, 0) is 11.8 Å². The maximum absolute atomic E-state index is 11.8. The van der Waals surface area contributed by atoms with Crippen molar-refractivity contribution in [2.45, 2.75) is 52.6 Å². The molecule has 0 heterocycles. The van der Waals surface area contributed by atoms with Crippen molar-refractivity contribution in [2.75, 3.05) is 0 Å². The van der Waals surface area contributed by atoms with Crippen LogP contribution in [0, 0.1) is 22.0 Å². The fourth-order valence-corrected chi connectivity index (χ4v) is 1.44. The maximum atomic E-state index is 11.8. The fraction of sp³-hybridized carbons (Fsp3) is 0.833. The number of hydrogen-bond donors (Lipinski definition) is 4. The highest BCUT2D eigenvalue weighted by Gasteiger charge is 2.28. The average Bonchev–Trinajstić information content (AvgIpc) is 2.40. The van der Waals surface area contributed by atoms with Crippen molar-refractivity contribution in [3.63, 3.8) is 0 Å². The highest BCUT2D eigenvalue weighted by molar-refractivity contribution is 5.87. The zero-order valence-corrected chi connectivity index (χ0v) is 12.8. The molecule has 9 heteroatoms. The summed E-state index contributed by atoms with van der Waals surface area (Å²) in [5, 5.41) is 25.2. The first-order valence-electron chi connectivity index (χ1n) is 6.70. The van der Waals surface area contributed by atoms with E-state index in [4.69, 9.17) is 26.2 Å². The van der Waals surface area contributed by atoms with Gasteiger partial charge in [-0.15, -0.1) is 10.1 Å². The summed E-state index contributed by atoms with van der Waals surface area (Å²) >= 11 is 0. The van der Waals surface area contributed by atoms with Crippen LogP contribution in [0.4, 0.5) is 0 Å². The smallest absolute Gasteiger partial charge is 0.326 e. The second-order valence-electron chi connectivity index (χ2n) is 4.86. The summed E-state index contributed by atoms with van der Waals surface area (Å²) in [5.41, 5.74) is 5.76. The lowest BCUT2D eigenvalue weighted by Crippen LogP contribution is -2.52. The summed E-state index contributed by atoms with van der Waals surface area (Å²) in [6.45, 7) is 7.51. The van der Waals surface area contributed by atoms with Crippen LogP contribution in [0.5, 0.6) is 0 Å². The van der Waals surface area contributed by atoms with Crippen LogP contribution in [0.15, 0.2) is 0 Å². The Balaban J connectivity index is 0. The van der Waals surface area contributed by atoms with Gasteiger partial charge >= 0.3 is 5.97 Å². The molecular weight excluding hydrogens is 282 g/mol. The third-order valence-electron chi connectivity index (χ3n) is 3.34. The van der Waals surface area contributed by atoms with Crippen molar-refractivity contribution in [3.8, 4) is 0 Å². The molecule has 21 heavy (non-hydrogen) atoms. The number of aliphatic carboxylic acids is 1. The van der Waals surface area contributed by atoms with Gasteiger partial charge < -0.3 is 21.4 Å². The van der Waals surface area contributed by atoms with Gasteiger partial charge in [0.25, 0.3) is 5.09 Å². The van der Waals surface area contributed by atoms with Gasteiger partial charge in [-0.25, -0.2) is 4.79 Å². The molecule has 0 radical (unpaired) electrons. The van der Waals surface area contributed by atoms with Crippen molar-refractivity contribution in [2.24, 2.45) is 17.6 Å². The van der Waals surface area contributed by atoms with Gasteiger partial charge in [0.2, 0.25) is 5.91 Å². The van der Waals surface area contributed by atoms with Crippen LogP contribution >= 0.6 is 0 Å². The average molecular weight is 307 g/mol. The predicted molar refractivity (Wildman–Crippen MR) is 75.2 cm³/mol. The standard InChI is InChI=1S/C12H24N2O3.HNO3/c1-5-7(3)9(13)11(15)14-10(12(16)17)8(4)6-2;2-1(3)4/h7-10H,5-6,13H2,1-4H3,(H,14,15)(H,16,17);(H,2,3,4)/t7-,8-,9-,10-;/m0./s1. The second kappa shape index (κ2) is 10.8. The monoisotopic (exact) mass is 307 g/mol. The lowest BCUT2D eigenvalue weighted by atomic mass is 9.96. The zero-order chi connectivity index (χ0) is 17.2. The molecular formula is C12H25N3O6. The van der Waals surface area contributed by atoms with E-state index in [1.165, 1.54) is 0 Å². The summed E-state index contributed by atoms with van der Waals surface area (Å²) in [6, 6.07) is -1.51. The molecule has 0 rings (SSSR count). The lowest BCUT2D eigenvalue weighted by molar-refractivity contribution is -0.742. The van der Waals surface area contributed by atoms with Crippen molar-refractivity contribution < 1.29 is 25.0 Å². The number of carbonyl (C=O) groups excluding carboxylic acids is 1. The Bertz CT molecular complexity index is 346. The van der Waals surface area contributed by atoms with E-state index in [2.05, 4.69) is 5.32 Å². The first-order valence-corrected chi connectivity index (χ1v) is 6.70. The molecule has 1 amide bonds. The van der Waals surface area contributed by atoms with Crippen molar-refractivity contribution in [1.82, 2.24) is 5.32 Å². The molecule has 0 aliphatic rings. The van der Waals surface area contributed by atoms with Crippen LogP contribution in [0.25, 0.3) is 0 Å².